The second kappa shape index (κ2) is 9.93. The number of carbonyl (C=O) groups is 1. The van der Waals surface area contributed by atoms with Gasteiger partial charge in [0, 0.05) is 16.3 Å². The third-order valence-corrected chi connectivity index (χ3v) is 8.37. The summed E-state index contributed by atoms with van der Waals surface area (Å²) in [4.78, 5) is 13.7. The molecule has 1 amide bonds. The van der Waals surface area contributed by atoms with Crippen LogP contribution >= 0.6 is 11.8 Å². The van der Waals surface area contributed by atoms with Gasteiger partial charge < -0.3 is 5.32 Å². The molecular weight excluding hydrogens is 494 g/mol. The van der Waals surface area contributed by atoms with Gasteiger partial charge in [-0.25, -0.2) is 12.8 Å². The number of hydrogen-bond acceptors (Lipinski definition) is 5. The van der Waals surface area contributed by atoms with E-state index in [4.69, 9.17) is 5.26 Å². The first kappa shape index (κ1) is 27.6. The van der Waals surface area contributed by atoms with Crippen LogP contribution in [0.3, 0.4) is 0 Å². The predicted molar refractivity (Wildman–Crippen MR) is 122 cm³/mol. The number of alkyl halides is 3. The van der Waals surface area contributed by atoms with Crippen molar-refractivity contribution in [3.05, 3.63) is 59.4 Å². The molecule has 0 radical (unpaired) electrons. The zero-order valence-electron chi connectivity index (χ0n) is 18.7. The molecule has 2 rings (SSSR count). The second-order valence-corrected chi connectivity index (χ2v) is 12.1. The summed E-state index contributed by atoms with van der Waals surface area (Å²) in [5.41, 5.74) is -3.90. The van der Waals surface area contributed by atoms with Gasteiger partial charge in [-0.3, -0.25) is 4.79 Å². The standard InChI is InChI=1S/C22H23F4N3O3S2/c1-20(2,3)34(31,32)29-21(4,13-33-17-9-6-15(23)7-10-17)19(30)28-16-8-5-14(12-27)18(11-16)22(24,25)26/h5-11,29H,13H2,1-4H3,(H,28,30)/t21-/m1/s1. The molecule has 0 saturated carbocycles. The second-order valence-electron chi connectivity index (χ2n) is 8.62. The van der Waals surface area contributed by atoms with E-state index in [2.05, 4.69) is 10.0 Å². The minimum absolute atomic E-state index is 0.151. The molecule has 184 valence electrons. The molecule has 2 N–H and O–H groups in total. The Labute approximate surface area is 199 Å². The smallest absolute Gasteiger partial charge is 0.324 e. The first-order chi connectivity index (χ1) is 15.5. The fraction of sp³-hybridized carbons (Fsp3) is 0.364. The Hall–Kier alpha value is -2.62. The van der Waals surface area contributed by atoms with Crippen LogP contribution in [0.15, 0.2) is 47.4 Å². The summed E-state index contributed by atoms with van der Waals surface area (Å²) in [5.74, 6) is -1.53. The van der Waals surface area contributed by atoms with Crippen molar-refractivity contribution in [1.29, 1.82) is 5.26 Å². The van der Waals surface area contributed by atoms with Crippen molar-refractivity contribution in [3.8, 4) is 6.07 Å². The third kappa shape index (κ3) is 6.71. The molecule has 2 aromatic rings. The van der Waals surface area contributed by atoms with E-state index < -0.39 is 49.3 Å². The van der Waals surface area contributed by atoms with Crippen LogP contribution in [0.25, 0.3) is 0 Å². The van der Waals surface area contributed by atoms with Crippen LogP contribution in [0.5, 0.6) is 0 Å². The number of hydrogen-bond donors (Lipinski definition) is 2. The molecule has 0 aliphatic rings. The highest BCUT2D eigenvalue weighted by atomic mass is 32.2. The molecule has 0 saturated heterocycles. The van der Waals surface area contributed by atoms with E-state index >= 15 is 0 Å². The molecule has 0 spiro atoms. The molecule has 2 aromatic carbocycles. The van der Waals surface area contributed by atoms with Crippen LogP contribution in [0, 0.1) is 17.1 Å². The first-order valence-corrected chi connectivity index (χ1v) is 12.3. The fourth-order valence-corrected chi connectivity index (χ4v) is 4.72. The zero-order chi connectivity index (χ0) is 25.9. The Morgan fingerprint density at radius 2 is 1.65 bits per heavy atom. The highest BCUT2D eigenvalue weighted by Gasteiger charge is 2.42. The van der Waals surface area contributed by atoms with Crippen molar-refractivity contribution < 1.29 is 30.8 Å². The molecule has 0 unspecified atom stereocenters. The van der Waals surface area contributed by atoms with E-state index in [1.807, 2.05) is 0 Å². The van der Waals surface area contributed by atoms with E-state index in [0.717, 1.165) is 23.9 Å². The zero-order valence-corrected chi connectivity index (χ0v) is 20.4. The number of thioether (sulfide) groups is 1. The van der Waals surface area contributed by atoms with Crippen LogP contribution in [-0.4, -0.2) is 30.4 Å². The van der Waals surface area contributed by atoms with Gasteiger partial charge in [0.1, 0.15) is 11.4 Å². The molecule has 34 heavy (non-hydrogen) atoms. The minimum atomic E-state index is -4.83. The van der Waals surface area contributed by atoms with Gasteiger partial charge in [-0.15, -0.1) is 11.8 Å². The summed E-state index contributed by atoms with van der Waals surface area (Å²) in [7, 11) is -4.05. The maximum Gasteiger partial charge on any atom is 0.417 e. The number of nitriles is 1. The number of anilines is 1. The van der Waals surface area contributed by atoms with Crippen LogP contribution in [0.2, 0.25) is 0 Å². The molecule has 0 aromatic heterocycles. The Bertz CT molecular complexity index is 1200. The highest BCUT2D eigenvalue weighted by Crippen LogP contribution is 2.34. The number of nitrogens with zero attached hydrogens (tertiary/aromatic N) is 1. The van der Waals surface area contributed by atoms with Crippen LogP contribution in [-0.2, 0) is 21.0 Å². The molecule has 1 atom stereocenters. The maximum absolute atomic E-state index is 13.3. The van der Waals surface area contributed by atoms with Gasteiger partial charge >= 0.3 is 6.18 Å². The summed E-state index contributed by atoms with van der Waals surface area (Å²) >= 11 is 1.06. The number of rotatable bonds is 7. The van der Waals surface area contributed by atoms with Gasteiger partial charge in [0.15, 0.2) is 0 Å². The van der Waals surface area contributed by atoms with Crippen molar-refractivity contribution in [3.63, 3.8) is 0 Å². The number of halogens is 4. The Balaban J connectivity index is 2.40. The lowest BCUT2D eigenvalue weighted by Crippen LogP contribution is -2.59. The number of nitrogens with one attached hydrogen (secondary N) is 2. The quantitative estimate of drug-likeness (QED) is 0.401. The molecule has 0 aliphatic carbocycles. The first-order valence-electron chi connectivity index (χ1n) is 9.83. The summed E-state index contributed by atoms with van der Waals surface area (Å²) < 4.78 is 79.8. The number of sulfonamides is 1. The molecule has 6 nitrogen and oxygen atoms in total. The van der Waals surface area contributed by atoms with E-state index in [1.165, 1.54) is 58.0 Å². The molecular formula is C22H23F4N3O3S2. The van der Waals surface area contributed by atoms with Gasteiger partial charge in [-0.1, -0.05) is 0 Å². The summed E-state index contributed by atoms with van der Waals surface area (Å²) in [5, 5.41) is 11.3. The van der Waals surface area contributed by atoms with Crippen LogP contribution < -0.4 is 10.0 Å². The normalized spacial score (nSPS) is 14.2. The fourth-order valence-electron chi connectivity index (χ4n) is 2.57. The van der Waals surface area contributed by atoms with Crippen molar-refractivity contribution in [2.24, 2.45) is 0 Å². The minimum Gasteiger partial charge on any atom is -0.324 e. The lowest BCUT2D eigenvalue weighted by Gasteiger charge is -2.32. The van der Waals surface area contributed by atoms with Gasteiger partial charge in [0.05, 0.1) is 21.9 Å². The van der Waals surface area contributed by atoms with E-state index in [-0.39, 0.29) is 11.4 Å². The van der Waals surface area contributed by atoms with Gasteiger partial charge in [0.2, 0.25) is 15.9 Å². The largest absolute Gasteiger partial charge is 0.417 e. The Morgan fingerprint density at radius 1 is 1.06 bits per heavy atom. The SMILES string of the molecule is CC(C)(C)S(=O)(=O)N[C@](C)(CSc1ccc(F)cc1)C(=O)Nc1ccc(C#N)c(C(F)(F)F)c1. The van der Waals surface area contributed by atoms with Crippen LogP contribution in [0.4, 0.5) is 23.2 Å². The number of carbonyl (C=O) groups excluding carboxylic acids is 1. The summed E-state index contributed by atoms with van der Waals surface area (Å²) in [6, 6.07) is 9.41. The maximum atomic E-state index is 13.3. The predicted octanol–water partition coefficient (Wildman–Crippen LogP) is 4.92. The highest BCUT2D eigenvalue weighted by molar-refractivity contribution is 7.99. The lowest BCUT2D eigenvalue weighted by atomic mass is 10.0. The van der Waals surface area contributed by atoms with E-state index in [1.54, 1.807) is 0 Å². The Kier molecular flexibility index (Phi) is 8.07. The number of benzene rings is 2. The van der Waals surface area contributed by atoms with E-state index in [0.29, 0.717) is 11.0 Å². The average Bonchev–Trinajstić information content (AvgIpc) is 2.71. The third-order valence-electron chi connectivity index (χ3n) is 4.71. The topological polar surface area (TPSA) is 99.1 Å². The van der Waals surface area contributed by atoms with Gasteiger partial charge in [0.25, 0.3) is 0 Å². The molecule has 0 heterocycles. The summed E-state index contributed by atoms with van der Waals surface area (Å²) in [6.07, 6.45) is -4.83. The lowest BCUT2D eigenvalue weighted by molar-refractivity contribution is -0.137. The van der Waals surface area contributed by atoms with Gasteiger partial charge in [-0.2, -0.15) is 23.2 Å². The molecule has 0 bridgehead atoms. The average molecular weight is 518 g/mol. The van der Waals surface area contributed by atoms with Crippen molar-refractivity contribution in [1.82, 2.24) is 4.72 Å². The summed E-state index contributed by atoms with van der Waals surface area (Å²) in [6.45, 7) is 5.58. The van der Waals surface area contributed by atoms with Crippen molar-refractivity contribution in [2.75, 3.05) is 11.1 Å². The molecule has 12 heteroatoms. The monoisotopic (exact) mass is 517 g/mol. The van der Waals surface area contributed by atoms with E-state index in [9.17, 15) is 30.8 Å². The van der Waals surface area contributed by atoms with Crippen molar-refractivity contribution in [2.45, 2.75) is 49.1 Å². The Morgan fingerprint density at radius 3 is 2.15 bits per heavy atom. The molecule has 0 fully saturated rings. The van der Waals surface area contributed by atoms with Gasteiger partial charge in [-0.05, 0) is 70.2 Å². The molecule has 0 aliphatic heterocycles. The number of amides is 1. The van der Waals surface area contributed by atoms with Crippen molar-refractivity contribution >= 4 is 33.4 Å². The van der Waals surface area contributed by atoms with Crippen LogP contribution in [0.1, 0.15) is 38.8 Å².